The smallest absolute Gasteiger partial charge is 0.317 e. The first kappa shape index (κ1) is 16.3. The first-order valence-electron chi connectivity index (χ1n) is 7.65. The molecule has 0 saturated heterocycles. The molecule has 2 rings (SSSR count). The van der Waals surface area contributed by atoms with Crippen molar-refractivity contribution in [2.75, 3.05) is 20.8 Å². The molecule has 4 heteroatoms. The fraction of sp³-hybridized carbons (Fsp3) is 0.444. The number of nitrogens with zero attached hydrogens (tertiary/aromatic N) is 1. The SMILES string of the molecule is COC(=O)C(C=CC1CCCCN=C1OC)c1ccccc1. The van der Waals surface area contributed by atoms with Gasteiger partial charge in [0.15, 0.2) is 5.90 Å². The second-order valence-electron chi connectivity index (χ2n) is 5.32. The molecule has 1 aliphatic heterocycles. The molecular formula is C18H23NO3. The van der Waals surface area contributed by atoms with E-state index in [1.165, 1.54) is 7.11 Å². The largest absolute Gasteiger partial charge is 0.484 e. The van der Waals surface area contributed by atoms with Crippen LogP contribution in [0.4, 0.5) is 0 Å². The third kappa shape index (κ3) is 4.20. The first-order valence-corrected chi connectivity index (χ1v) is 7.65. The van der Waals surface area contributed by atoms with Gasteiger partial charge >= 0.3 is 5.97 Å². The van der Waals surface area contributed by atoms with Crippen molar-refractivity contribution in [3.8, 4) is 0 Å². The summed E-state index contributed by atoms with van der Waals surface area (Å²) in [6.45, 7) is 0.812. The molecule has 1 aromatic carbocycles. The van der Waals surface area contributed by atoms with Crippen LogP contribution in [0.2, 0.25) is 0 Å². The molecule has 0 bridgehead atoms. The molecule has 118 valence electrons. The molecule has 1 aliphatic rings. The maximum Gasteiger partial charge on any atom is 0.317 e. The van der Waals surface area contributed by atoms with E-state index in [1.54, 1.807) is 7.11 Å². The molecule has 0 radical (unpaired) electrons. The van der Waals surface area contributed by atoms with E-state index >= 15 is 0 Å². The van der Waals surface area contributed by atoms with Crippen LogP contribution in [-0.4, -0.2) is 32.6 Å². The summed E-state index contributed by atoms with van der Waals surface area (Å²) in [7, 11) is 3.07. The fourth-order valence-corrected chi connectivity index (χ4v) is 2.66. The number of rotatable bonds is 4. The van der Waals surface area contributed by atoms with Crippen LogP contribution in [0.3, 0.4) is 0 Å². The second-order valence-corrected chi connectivity index (χ2v) is 5.32. The molecule has 0 fully saturated rings. The second kappa shape index (κ2) is 8.37. The molecule has 0 saturated carbocycles. The lowest BCUT2D eigenvalue weighted by Crippen LogP contribution is -2.16. The van der Waals surface area contributed by atoms with Gasteiger partial charge in [-0.2, -0.15) is 0 Å². The summed E-state index contributed by atoms with van der Waals surface area (Å²) >= 11 is 0. The standard InChI is InChI=1S/C18H23NO3/c1-21-17-15(10-6-7-13-19-17)11-12-16(18(20)22-2)14-8-4-3-5-9-14/h3-5,8-9,11-12,15-16H,6-7,10,13H2,1-2H3. The Morgan fingerprint density at radius 1 is 1.27 bits per heavy atom. The Morgan fingerprint density at radius 2 is 2.05 bits per heavy atom. The van der Waals surface area contributed by atoms with Crippen molar-refractivity contribution in [3.63, 3.8) is 0 Å². The maximum absolute atomic E-state index is 12.1. The van der Waals surface area contributed by atoms with Gasteiger partial charge < -0.3 is 9.47 Å². The Balaban J connectivity index is 2.20. The lowest BCUT2D eigenvalue weighted by Gasteiger charge is -2.14. The van der Waals surface area contributed by atoms with Crippen molar-refractivity contribution in [3.05, 3.63) is 48.0 Å². The van der Waals surface area contributed by atoms with Crippen LogP contribution in [0.15, 0.2) is 47.5 Å². The van der Waals surface area contributed by atoms with Gasteiger partial charge in [-0.3, -0.25) is 9.79 Å². The van der Waals surface area contributed by atoms with E-state index in [0.29, 0.717) is 0 Å². The molecule has 0 N–H and O–H groups in total. The normalized spacial score (nSPS) is 20.1. The van der Waals surface area contributed by atoms with Crippen LogP contribution >= 0.6 is 0 Å². The highest BCUT2D eigenvalue weighted by molar-refractivity contribution is 5.82. The predicted molar refractivity (Wildman–Crippen MR) is 87.0 cm³/mol. The molecule has 0 spiro atoms. The summed E-state index contributed by atoms with van der Waals surface area (Å²) in [5, 5.41) is 0. The van der Waals surface area contributed by atoms with Crippen LogP contribution in [0.1, 0.15) is 30.7 Å². The minimum atomic E-state index is -0.396. The number of ether oxygens (including phenoxy) is 2. The Kier molecular flexibility index (Phi) is 6.19. The highest BCUT2D eigenvalue weighted by Gasteiger charge is 2.21. The third-order valence-electron chi connectivity index (χ3n) is 3.87. The van der Waals surface area contributed by atoms with Gasteiger partial charge in [0.2, 0.25) is 0 Å². The zero-order chi connectivity index (χ0) is 15.8. The summed E-state index contributed by atoms with van der Waals surface area (Å²) < 4.78 is 10.3. The maximum atomic E-state index is 12.1. The molecule has 1 heterocycles. The minimum Gasteiger partial charge on any atom is -0.484 e. The Hall–Kier alpha value is -2.10. The van der Waals surface area contributed by atoms with Gasteiger partial charge in [-0.1, -0.05) is 48.9 Å². The monoisotopic (exact) mass is 301 g/mol. The average molecular weight is 301 g/mol. The number of hydrogen-bond donors (Lipinski definition) is 0. The average Bonchev–Trinajstić information content (AvgIpc) is 2.80. The summed E-state index contributed by atoms with van der Waals surface area (Å²) in [5.74, 6) is 0.230. The van der Waals surface area contributed by atoms with Crippen molar-refractivity contribution < 1.29 is 14.3 Å². The molecule has 4 nitrogen and oxygen atoms in total. The first-order chi connectivity index (χ1) is 10.8. The van der Waals surface area contributed by atoms with E-state index in [9.17, 15) is 4.79 Å². The Bertz CT molecular complexity index is 537. The number of hydrogen-bond acceptors (Lipinski definition) is 4. The van der Waals surface area contributed by atoms with Crippen LogP contribution in [0, 0.1) is 5.92 Å². The van der Waals surface area contributed by atoms with Crippen molar-refractivity contribution >= 4 is 11.9 Å². The van der Waals surface area contributed by atoms with Crippen molar-refractivity contribution in [2.24, 2.45) is 10.9 Å². The summed E-state index contributed by atoms with van der Waals surface area (Å²) in [5.41, 5.74) is 0.926. The van der Waals surface area contributed by atoms with Crippen LogP contribution < -0.4 is 0 Å². The van der Waals surface area contributed by atoms with E-state index in [1.807, 2.05) is 42.5 Å². The topological polar surface area (TPSA) is 47.9 Å². The molecule has 0 amide bonds. The minimum absolute atomic E-state index is 0.128. The van der Waals surface area contributed by atoms with E-state index in [0.717, 1.165) is 37.3 Å². The van der Waals surface area contributed by atoms with Crippen LogP contribution in [0.5, 0.6) is 0 Å². The highest BCUT2D eigenvalue weighted by Crippen LogP contribution is 2.23. The lowest BCUT2D eigenvalue weighted by molar-refractivity contribution is -0.141. The summed E-state index contributed by atoms with van der Waals surface area (Å²) in [4.78, 5) is 16.5. The van der Waals surface area contributed by atoms with Crippen molar-refractivity contribution in [1.29, 1.82) is 0 Å². The molecule has 0 aromatic heterocycles. The van der Waals surface area contributed by atoms with E-state index in [2.05, 4.69) is 4.99 Å². The summed E-state index contributed by atoms with van der Waals surface area (Å²) in [6.07, 6.45) is 7.12. The zero-order valence-corrected chi connectivity index (χ0v) is 13.2. The fourth-order valence-electron chi connectivity index (χ4n) is 2.66. The number of esters is 1. The van der Waals surface area contributed by atoms with Gasteiger partial charge in [-0.25, -0.2) is 0 Å². The van der Waals surface area contributed by atoms with Crippen molar-refractivity contribution in [1.82, 2.24) is 0 Å². The summed E-state index contributed by atoms with van der Waals surface area (Å²) in [6, 6.07) is 9.65. The Morgan fingerprint density at radius 3 is 2.73 bits per heavy atom. The predicted octanol–water partition coefficient (Wildman–Crippen LogP) is 3.34. The van der Waals surface area contributed by atoms with Crippen LogP contribution in [-0.2, 0) is 14.3 Å². The van der Waals surface area contributed by atoms with Gasteiger partial charge in [0, 0.05) is 6.54 Å². The van der Waals surface area contributed by atoms with Gasteiger partial charge in [-0.15, -0.1) is 0 Å². The molecule has 22 heavy (non-hydrogen) atoms. The van der Waals surface area contributed by atoms with E-state index < -0.39 is 5.92 Å². The Labute approximate surface area is 131 Å². The van der Waals surface area contributed by atoms with Crippen molar-refractivity contribution in [2.45, 2.75) is 25.2 Å². The van der Waals surface area contributed by atoms with Gasteiger partial charge in [-0.05, 0) is 18.4 Å². The third-order valence-corrected chi connectivity index (χ3v) is 3.87. The molecular weight excluding hydrogens is 278 g/mol. The van der Waals surface area contributed by atoms with Crippen LogP contribution in [0.25, 0.3) is 0 Å². The lowest BCUT2D eigenvalue weighted by atomic mass is 9.95. The number of carbonyl (C=O) groups is 1. The number of carbonyl (C=O) groups excluding carboxylic acids is 1. The van der Waals surface area contributed by atoms with E-state index in [-0.39, 0.29) is 11.9 Å². The van der Waals surface area contributed by atoms with Gasteiger partial charge in [0.1, 0.15) is 0 Å². The highest BCUT2D eigenvalue weighted by atomic mass is 16.5. The zero-order valence-electron chi connectivity index (χ0n) is 13.2. The molecule has 2 atom stereocenters. The number of aliphatic imine (C=N–C) groups is 1. The quantitative estimate of drug-likeness (QED) is 0.633. The number of methoxy groups -OCH3 is 2. The number of benzene rings is 1. The van der Waals surface area contributed by atoms with E-state index in [4.69, 9.17) is 9.47 Å². The molecule has 1 aromatic rings. The van der Waals surface area contributed by atoms with Gasteiger partial charge in [0.25, 0.3) is 0 Å². The molecule has 2 unspecified atom stereocenters. The molecule has 0 aliphatic carbocycles. The van der Waals surface area contributed by atoms with Gasteiger partial charge in [0.05, 0.1) is 26.1 Å².